The molecule has 6 nitrogen and oxygen atoms in total. The number of piperazine rings is 1. The van der Waals surface area contributed by atoms with Crippen LogP contribution in [0.2, 0.25) is 0 Å². The van der Waals surface area contributed by atoms with Gasteiger partial charge in [0.15, 0.2) is 0 Å². The molecule has 0 aromatic heterocycles. The molecule has 1 saturated carbocycles. The molecule has 0 bridgehead atoms. The quantitative estimate of drug-likeness (QED) is 0.891. The molecule has 2 atom stereocenters. The summed E-state index contributed by atoms with van der Waals surface area (Å²) in [7, 11) is 0. The molecule has 8 heteroatoms. The van der Waals surface area contributed by atoms with Crippen molar-refractivity contribution in [2.45, 2.75) is 12.8 Å². The second-order valence-corrected chi connectivity index (χ2v) is 6.34. The lowest BCUT2D eigenvalue weighted by Crippen LogP contribution is -2.54. The maximum absolute atomic E-state index is 13.7. The average Bonchev–Trinajstić information content (AvgIpc) is 2.53. The average molecular weight is 352 g/mol. The van der Waals surface area contributed by atoms with Gasteiger partial charge >= 0.3 is 5.97 Å². The number of hydrogen-bond donors (Lipinski definition) is 1. The number of amides is 2. The van der Waals surface area contributed by atoms with Crippen LogP contribution in [0.15, 0.2) is 18.2 Å². The topological polar surface area (TPSA) is 77.9 Å². The summed E-state index contributed by atoms with van der Waals surface area (Å²) in [5.74, 6) is -4.90. The van der Waals surface area contributed by atoms with Crippen LogP contribution in [0.25, 0.3) is 0 Å². The monoisotopic (exact) mass is 352 g/mol. The fourth-order valence-corrected chi connectivity index (χ4v) is 3.32. The Morgan fingerprint density at radius 2 is 1.44 bits per heavy atom. The van der Waals surface area contributed by atoms with Gasteiger partial charge in [-0.1, -0.05) is 6.07 Å². The number of carboxylic acids is 1. The lowest BCUT2D eigenvalue weighted by molar-refractivity contribution is -0.157. The van der Waals surface area contributed by atoms with Crippen LogP contribution < -0.4 is 0 Å². The van der Waals surface area contributed by atoms with Gasteiger partial charge in [0.2, 0.25) is 5.91 Å². The first-order valence-corrected chi connectivity index (χ1v) is 8.15. The van der Waals surface area contributed by atoms with Gasteiger partial charge in [-0.3, -0.25) is 14.4 Å². The van der Waals surface area contributed by atoms with Crippen molar-refractivity contribution in [3.63, 3.8) is 0 Å². The molecule has 2 amide bonds. The largest absolute Gasteiger partial charge is 0.481 e. The predicted molar refractivity (Wildman–Crippen MR) is 82.7 cm³/mol. The van der Waals surface area contributed by atoms with Gasteiger partial charge < -0.3 is 14.9 Å². The summed E-state index contributed by atoms with van der Waals surface area (Å²) in [6, 6.07) is 3.24. The molecule has 1 saturated heterocycles. The fraction of sp³-hybridized carbons (Fsp3) is 0.471. The minimum absolute atomic E-state index is 0.156. The number of carboxylic acid groups (broad SMARTS) is 1. The summed E-state index contributed by atoms with van der Waals surface area (Å²) in [6.45, 7) is 0.762. The zero-order valence-corrected chi connectivity index (χ0v) is 13.5. The van der Waals surface area contributed by atoms with Gasteiger partial charge in [0.05, 0.1) is 11.8 Å². The van der Waals surface area contributed by atoms with Crippen LogP contribution in [-0.2, 0) is 9.59 Å². The van der Waals surface area contributed by atoms with Crippen molar-refractivity contribution in [1.82, 2.24) is 9.80 Å². The van der Waals surface area contributed by atoms with E-state index >= 15 is 0 Å². The van der Waals surface area contributed by atoms with Crippen LogP contribution in [0.1, 0.15) is 23.2 Å². The summed E-state index contributed by atoms with van der Waals surface area (Å²) >= 11 is 0. The third-order valence-corrected chi connectivity index (χ3v) is 4.96. The second kappa shape index (κ2) is 6.78. The highest BCUT2D eigenvalue weighted by Crippen LogP contribution is 2.36. The number of aliphatic carboxylic acids is 1. The Morgan fingerprint density at radius 3 is 1.92 bits per heavy atom. The maximum Gasteiger partial charge on any atom is 0.307 e. The predicted octanol–water partition coefficient (Wildman–Crippen LogP) is 1.36. The van der Waals surface area contributed by atoms with Crippen LogP contribution in [-0.4, -0.2) is 58.9 Å². The van der Waals surface area contributed by atoms with Crippen LogP contribution in [0, 0.1) is 23.5 Å². The van der Waals surface area contributed by atoms with E-state index in [1.807, 2.05) is 0 Å². The summed E-state index contributed by atoms with van der Waals surface area (Å²) in [6.07, 6.45) is 1.05. The zero-order chi connectivity index (χ0) is 18.1. The Kier molecular flexibility index (Phi) is 4.69. The molecule has 1 aliphatic carbocycles. The van der Waals surface area contributed by atoms with Crippen LogP contribution >= 0.6 is 0 Å². The SMILES string of the molecule is O=C(O)C1CCC1C(=O)N1CCN(C(=O)c2c(F)cccc2F)CC1. The van der Waals surface area contributed by atoms with Gasteiger partial charge in [-0.05, 0) is 25.0 Å². The van der Waals surface area contributed by atoms with E-state index in [1.165, 1.54) is 15.9 Å². The molecule has 2 aliphatic rings. The number of hydrogen-bond acceptors (Lipinski definition) is 3. The molecular formula is C17H18F2N2O4. The Hall–Kier alpha value is -2.51. The van der Waals surface area contributed by atoms with Crippen molar-refractivity contribution < 1.29 is 28.3 Å². The highest BCUT2D eigenvalue weighted by molar-refractivity contribution is 5.95. The van der Waals surface area contributed by atoms with Crippen molar-refractivity contribution in [2.24, 2.45) is 11.8 Å². The van der Waals surface area contributed by atoms with E-state index in [1.54, 1.807) is 0 Å². The van der Waals surface area contributed by atoms with Crippen LogP contribution in [0.3, 0.4) is 0 Å². The Balaban J connectivity index is 1.61. The molecule has 134 valence electrons. The highest BCUT2D eigenvalue weighted by atomic mass is 19.1. The number of halogens is 2. The summed E-state index contributed by atoms with van der Waals surface area (Å²) in [5.41, 5.74) is -0.591. The minimum atomic E-state index is -0.964. The van der Waals surface area contributed by atoms with E-state index in [0.29, 0.717) is 12.8 Å². The molecule has 1 heterocycles. The van der Waals surface area contributed by atoms with Gasteiger partial charge in [0.25, 0.3) is 5.91 Å². The first-order valence-electron chi connectivity index (χ1n) is 8.15. The van der Waals surface area contributed by atoms with Crippen molar-refractivity contribution in [1.29, 1.82) is 0 Å². The van der Waals surface area contributed by atoms with E-state index in [2.05, 4.69) is 0 Å². The molecule has 2 fully saturated rings. The number of nitrogens with zero attached hydrogens (tertiary/aromatic N) is 2. The number of rotatable bonds is 3. The third-order valence-electron chi connectivity index (χ3n) is 4.96. The molecular weight excluding hydrogens is 334 g/mol. The molecule has 1 N–H and O–H groups in total. The zero-order valence-electron chi connectivity index (χ0n) is 13.5. The number of benzene rings is 1. The molecule has 1 aliphatic heterocycles. The Labute approximate surface area is 143 Å². The smallest absolute Gasteiger partial charge is 0.307 e. The molecule has 0 spiro atoms. The fourth-order valence-electron chi connectivity index (χ4n) is 3.32. The molecule has 1 aromatic carbocycles. The van der Waals surface area contributed by atoms with E-state index in [9.17, 15) is 23.2 Å². The number of carbonyl (C=O) groups is 3. The lowest BCUT2D eigenvalue weighted by Gasteiger charge is -2.40. The third kappa shape index (κ3) is 3.20. The molecule has 2 unspecified atom stereocenters. The highest BCUT2D eigenvalue weighted by Gasteiger charge is 2.43. The molecule has 1 aromatic rings. The normalized spacial score (nSPS) is 23.1. The van der Waals surface area contributed by atoms with E-state index < -0.39 is 40.9 Å². The van der Waals surface area contributed by atoms with Crippen molar-refractivity contribution in [3.8, 4) is 0 Å². The Bertz CT molecular complexity index is 696. The lowest BCUT2D eigenvalue weighted by atomic mass is 9.73. The molecule has 0 radical (unpaired) electrons. The van der Waals surface area contributed by atoms with E-state index in [0.717, 1.165) is 12.1 Å². The first-order chi connectivity index (χ1) is 11.9. The van der Waals surface area contributed by atoms with Crippen LogP contribution in [0.4, 0.5) is 8.78 Å². The minimum Gasteiger partial charge on any atom is -0.481 e. The number of carbonyl (C=O) groups excluding carboxylic acids is 2. The van der Waals surface area contributed by atoms with Gasteiger partial charge in [-0.25, -0.2) is 8.78 Å². The second-order valence-electron chi connectivity index (χ2n) is 6.34. The van der Waals surface area contributed by atoms with Gasteiger partial charge in [-0.2, -0.15) is 0 Å². The molecule has 3 rings (SSSR count). The van der Waals surface area contributed by atoms with E-state index in [4.69, 9.17) is 5.11 Å². The summed E-state index contributed by atoms with van der Waals surface area (Å²) < 4.78 is 27.5. The van der Waals surface area contributed by atoms with Crippen LogP contribution in [0.5, 0.6) is 0 Å². The first kappa shape index (κ1) is 17.3. The van der Waals surface area contributed by atoms with Crippen molar-refractivity contribution >= 4 is 17.8 Å². The molecule has 25 heavy (non-hydrogen) atoms. The standard InChI is InChI=1S/C17H18F2N2O4/c18-12-2-1-3-13(19)14(12)16(23)21-8-6-20(7-9-21)15(22)10-4-5-11(10)17(24)25/h1-3,10-11H,4-9H2,(H,24,25). The van der Waals surface area contributed by atoms with E-state index in [-0.39, 0.29) is 32.1 Å². The van der Waals surface area contributed by atoms with Gasteiger partial charge in [0.1, 0.15) is 17.2 Å². The summed E-state index contributed by atoms with van der Waals surface area (Å²) in [5, 5.41) is 9.05. The maximum atomic E-state index is 13.7. The van der Waals surface area contributed by atoms with Crippen molar-refractivity contribution in [2.75, 3.05) is 26.2 Å². The van der Waals surface area contributed by atoms with Gasteiger partial charge in [0, 0.05) is 26.2 Å². The Morgan fingerprint density at radius 1 is 0.920 bits per heavy atom. The van der Waals surface area contributed by atoms with Crippen molar-refractivity contribution in [3.05, 3.63) is 35.4 Å². The van der Waals surface area contributed by atoms with Gasteiger partial charge in [-0.15, -0.1) is 0 Å². The summed E-state index contributed by atoms with van der Waals surface area (Å²) in [4.78, 5) is 38.6.